The lowest BCUT2D eigenvalue weighted by atomic mass is 10.1. The van der Waals surface area contributed by atoms with E-state index in [1.165, 1.54) is 17.5 Å². The van der Waals surface area contributed by atoms with Crippen molar-refractivity contribution < 1.29 is 22.7 Å². The number of hydrogen-bond acceptors (Lipinski definition) is 5. The zero-order valence-electron chi connectivity index (χ0n) is 22.1. The fourth-order valence-corrected chi connectivity index (χ4v) is 5.23. The van der Waals surface area contributed by atoms with E-state index in [0.29, 0.717) is 36.0 Å². The second-order valence-corrected chi connectivity index (χ2v) is 11.1. The van der Waals surface area contributed by atoms with E-state index in [0.717, 1.165) is 24.7 Å². The van der Waals surface area contributed by atoms with E-state index in [1.54, 1.807) is 17.0 Å². The maximum atomic E-state index is 13.4. The number of amides is 2. The van der Waals surface area contributed by atoms with Gasteiger partial charge in [0.05, 0.1) is 24.1 Å². The zero-order valence-corrected chi connectivity index (χ0v) is 23.6. The third-order valence-electron chi connectivity index (χ3n) is 5.99. The topological polar surface area (TPSA) is 96.0 Å². The van der Waals surface area contributed by atoms with E-state index in [4.69, 9.17) is 16.3 Å². The summed E-state index contributed by atoms with van der Waals surface area (Å²) in [6.07, 6.45) is 3.76. The number of hydrogen-bond donors (Lipinski definition) is 1. The summed E-state index contributed by atoms with van der Waals surface area (Å²) in [6.45, 7) is 4.88. The molecule has 8 nitrogen and oxygen atoms in total. The van der Waals surface area contributed by atoms with Gasteiger partial charge in [-0.3, -0.25) is 13.9 Å². The Morgan fingerprint density at radius 1 is 1.08 bits per heavy atom. The highest BCUT2D eigenvalue weighted by Gasteiger charge is 2.28. The van der Waals surface area contributed by atoms with Crippen LogP contribution in [0.15, 0.2) is 48.5 Å². The minimum atomic E-state index is -3.62. The number of anilines is 1. The summed E-state index contributed by atoms with van der Waals surface area (Å²) < 4.78 is 31.4. The van der Waals surface area contributed by atoms with Crippen molar-refractivity contribution >= 4 is 39.1 Å². The molecule has 0 spiro atoms. The van der Waals surface area contributed by atoms with Crippen LogP contribution in [0.25, 0.3) is 0 Å². The van der Waals surface area contributed by atoms with Crippen LogP contribution in [-0.4, -0.2) is 57.6 Å². The summed E-state index contributed by atoms with van der Waals surface area (Å²) in [6, 6.07) is 13.6. The molecule has 2 aromatic rings. The molecule has 2 rings (SSSR count). The Balaban J connectivity index is 2.19. The molecule has 0 heterocycles. The first-order chi connectivity index (χ1) is 17.6. The lowest BCUT2D eigenvalue weighted by molar-refractivity contribution is -0.141. The SMILES string of the molecule is CCCCNC(=O)C(CC)N(Cc1ccccc1)C(=O)CCCN(c1ccc(OC)c(Cl)c1)S(C)(=O)=O. The molecule has 0 aliphatic rings. The molecule has 2 amide bonds. The Labute approximate surface area is 226 Å². The van der Waals surface area contributed by atoms with Crippen LogP contribution in [-0.2, 0) is 26.2 Å². The van der Waals surface area contributed by atoms with E-state index < -0.39 is 16.1 Å². The number of nitrogens with one attached hydrogen (secondary N) is 1. The summed E-state index contributed by atoms with van der Waals surface area (Å²) in [7, 11) is -2.14. The molecule has 0 bridgehead atoms. The molecule has 204 valence electrons. The fraction of sp³-hybridized carbons (Fsp3) is 0.481. The Bertz CT molecular complexity index is 1130. The molecule has 37 heavy (non-hydrogen) atoms. The fourth-order valence-electron chi connectivity index (χ4n) is 4.02. The molecular formula is C27H38ClN3O5S. The van der Waals surface area contributed by atoms with Gasteiger partial charge in [0, 0.05) is 26.1 Å². The molecule has 0 aliphatic carbocycles. The highest BCUT2D eigenvalue weighted by molar-refractivity contribution is 7.92. The van der Waals surface area contributed by atoms with Crippen molar-refractivity contribution in [2.24, 2.45) is 0 Å². The van der Waals surface area contributed by atoms with Gasteiger partial charge in [0.15, 0.2) is 0 Å². The summed E-state index contributed by atoms with van der Waals surface area (Å²) in [4.78, 5) is 28.0. The number of ether oxygens (including phenoxy) is 1. The number of sulfonamides is 1. The Morgan fingerprint density at radius 3 is 2.35 bits per heavy atom. The minimum absolute atomic E-state index is 0.0848. The van der Waals surface area contributed by atoms with E-state index in [9.17, 15) is 18.0 Å². The highest BCUT2D eigenvalue weighted by atomic mass is 35.5. The van der Waals surface area contributed by atoms with Crippen molar-refractivity contribution in [1.29, 1.82) is 0 Å². The maximum absolute atomic E-state index is 13.4. The molecule has 0 aliphatic heterocycles. The molecule has 0 aromatic heterocycles. The van der Waals surface area contributed by atoms with Gasteiger partial charge in [-0.15, -0.1) is 0 Å². The van der Waals surface area contributed by atoms with Gasteiger partial charge in [0.25, 0.3) is 0 Å². The van der Waals surface area contributed by atoms with Crippen LogP contribution in [0.3, 0.4) is 0 Å². The number of carbonyl (C=O) groups is 2. The Morgan fingerprint density at radius 2 is 1.78 bits per heavy atom. The van der Waals surface area contributed by atoms with Crippen molar-refractivity contribution in [3.05, 3.63) is 59.1 Å². The summed E-state index contributed by atoms with van der Waals surface area (Å²) in [5.41, 5.74) is 1.31. The second-order valence-electron chi connectivity index (χ2n) is 8.83. The number of halogens is 1. The van der Waals surface area contributed by atoms with Crippen LogP contribution in [0.5, 0.6) is 5.75 Å². The quantitative estimate of drug-likeness (QED) is 0.326. The number of methoxy groups -OCH3 is 1. The standard InChI is InChI=1S/C27H38ClN3O5S/c1-5-7-17-29-27(33)24(6-2)30(20-21-12-9-8-10-13-21)26(32)14-11-18-31(37(4,34)35)22-15-16-25(36-3)23(28)19-22/h8-10,12-13,15-16,19,24H,5-7,11,14,17-18,20H2,1-4H3,(H,29,33). The monoisotopic (exact) mass is 551 g/mol. The largest absolute Gasteiger partial charge is 0.495 e. The van der Waals surface area contributed by atoms with E-state index in [-0.39, 0.29) is 31.2 Å². The molecule has 0 saturated heterocycles. The number of rotatable bonds is 15. The van der Waals surface area contributed by atoms with Crippen LogP contribution >= 0.6 is 11.6 Å². The lowest BCUT2D eigenvalue weighted by Crippen LogP contribution is -2.49. The van der Waals surface area contributed by atoms with Gasteiger partial charge >= 0.3 is 0 Å². The van der Waals surface area contributed by atoms with Gasteiger partial charge in [0.1, 0.15) is 11.8 Å². The predicted octanol–water partition coefficient (Wildman–Crippen LogP) is 4.62. The van der Waals surface area contributed by atoms with Gasteiger partial charge in [-0.1, -0.05) is 62.2 Å². The van der Waals surface area contributed by atoms with Gasteiger partial charge in [-0.25, -0.2) is 8.42 Å². The molecule has 1 atom stereocenters. The summed E-state index contributed by atoms with van der Waals surface area (Å²) in [5, 5.41) is 3.23. The molecule has 1 N–H and O–H groups in total. The lowest BCUT2D eigenvalue weighted by Gasteiger charge is -2.31. The van der Waals surface area contributed by atoms with Crippen molar-refractivity contribution in [3.8, 4) is 5.75 Å². The molecule has 1 unspecified atom stereocenters. The number of unbranched alkanes of at least 4 members (excludes halogenated alkanes) is 1. The number of nitrogens with zero attached hydrogens (tertiary/aromatic N) is 2. The molecule has 0 fully saturated rings. The average Bonchev–Trinajstić information content (AvgIpc) is 2.86. The van der Waals surface area contributed by atoms with Crippen molar-refractivity contribution in [3.63, 3.8) is 0 Å². The third kappa shape index (κ3) is 9.23. The number of benzene rings is 2. The van der Waals surface area contributed by atoms with Gasteiger partial charge in [0.2, 0.25) is 21.8 Å². The minimum Gasteiger partial charge on any atom is -0.495 e. The van der Waals surface area contributed by atoms with E-state index in [1.807, 2.05) is 44.2 Å². The van der Waals surface area contributed by atoms with E-state index >= 15 is 0 Å². The van der Waals surface area contributed by atoms with Crippen molar-refractivity contribution in [2.45, 2.75) is 58.5 Å². The Hall–Kier alpha value is -2.78. The van der Waals surface area contributed by atoms with Crippen LogP contribution < -0.4 is 14.4 Å². The van der Waals surface area contributed by atoms with Crippen molar-refractivity contribution in [2.75, 3.05) is 30.8 Å². The van der Waals surface area contributed by atoms with E-state index in [2.05, 4.69) is 5.32 Å². The molecule has 0 saturated carbocycles. The number of carbonyl (C=O) groups excluding carboxylic acids is 2. The molecule has 0 radical (unpaired) electrons. The van der Waals surface area contributed by atoms with Gasteiger partial charge < -0.3 is 15.0 Å². The average molecular weight is 552 g/mol. The zero-order chi connectivity index (χ0) is 27.4. The molecule has 2 aromatic carbocycles. The van der Waals surface area contributed by atoms with Crippen molar-refractivity contribution in [1.82, 2.24) is 10.2 Å². The van der Waals surface area contributed by atoms with Crippen LogP contribution in [0.1, 0.15) is 51.5 Å². The normalized spacial score (nSPS) is 12.0. The molecular weight excluding hydrogens is 514 g/mol. The first kappa shape index (κ1) is 30.4. The van der Waals surface area contributed by atoms with Gasteiger partial charge in [-0.05, 0) is 43.0 Å². The summed E-state index contributed by atoms with van der Waals surface area (Å²) in [5.74, 6) is 0.0573. The maximum Gasteiger partial charge on any atom is 0.242 e. The first-order valence-corrected chi connectivity index (χ1v) is 14.8. The van der Waals surface area contributed by atoms with Crippen LogP contribution in [0, 0.1) is 0 Å². The first-order valence-electron chi connectivity index (χ1n) is 12.5. The Kier molecular flexibility index (Phi) is 12.2. The smallest absolute Gasteiger partial charge is 0.242 e. The molecule has 10 heteroatoms. The van der Waals surface area contributed by atoms with Crippen LogP contribution in [0.2, 0.25) is 5.02 Å². The van der Waals surface area contributed by atoms with Crippen LogP contribution in [0.4, 0.5) is 5.69 Å². The predicted molar refractivity (Wildman–Crippen MR) is 148 cm³/mol. The highest BCUT2D eigenvalue weighted by Crippen LogP contribution is 2.30. The second kappa shape index (κ2) is 14.8. The van der Waals surface area contributed by atoms with Gasteiger partial charge in [-0.2, -0.15) is 0 Å². The third-order valence-corrected chi connectivity index (χ3v) is 7.48. The summed E-state index contributed by atoms with van der Waals surface area (Å²) >= 11 is 6.21.